The van der Waals surface area contributed by atoms with Crippen LogP contribution in [-0.2, 0) is 0 Å². The number of fused-ring (bicyclic) bond motifs is 11. The fourth-order valence-electron chi connectivity index (χ4n) is 14.2. The van der Waals surface area contributed by atoms with Crippen LogP contribution in [0.25, 0.3) is 131 Å². The maximum absolute atomic E-state index is 2.59. The van der Waals surface area contributed by atoms with E-state index in [4.69, 9.17) is 0 Å². The molecule has 0 aromatic heterocycles. The molecule has 1 aliphatic rings. The van der Waals surface area contributed by atoms with Gasteiger partial charge in [-0.25, -0.2) is 0 Å². The fourth-order valence-corrected chi connectivity index (χ4v) is 14.2. The zero-order valence-electron chi connectivity index (χ0n) is 44.8. The van der Waals surface area contributed by atoms with E-state index < -0.39 is 0 Å². The highest BCUT2D eigenvalue weighted by Crippen LogP contribution is 2.58. The van der Waals surface area contributed by atoms with Gasteiger partial charge in [0, 0.05) is 44.3 Å². The first kappa shape index (κ1) is 46.1. The third-order valence-electron chi connectivity index (χ3n) is 17.4. The molecule has 82 heavy (non-hydrogen) atoms. The molecule has 0 spiro atoms. The summed E-state index contributed by atoms with van der Waals surface area (Å²) < 4.78 is 0. The van der Waals surface area contributed by atoms with Gasteiger partial charge in [0.1, 0.15) is 0 Å². The van der Waals surface area contributed by atoms with Crippen LogP contribution in [0.2, 0.25) is 0 Å². The maximum atomic E-state index is 2.59. The Kier molecular flexibility index (Phi) is 10.3. The zero-order valence-corrected chi connectivity index (χ0v) is 44.8. The summed E-state index contributed by atoms with van der Waals surface area (Å²) in [5.41, 5.74) is 16.8. The predicted octanol–water partition coefficient (Wildman–Crippen LogP) is 22.8. The molecule has 2 heteroatoms. The van der Waals surface area contributed by atoms with Gasteiger partial charge in [-0.15, -0.1) is 0 Å². The van der Waals surface area contributed by atoms with Crippen molar-refractivity contribution in [3.8, 4) is 44.5 Å². The fraction of sp³-hybridized carbons (Fsp3) is 0. The average molecular weight is 1040 g/mol. The minimum absolute atomic E-state index is 1.11. The average Bonchev–Trinajstić information content (AvgIpc) is 1.49. The monoisotopic (exact) mass is 1040 g/mol. The predicted molar refractivity (Wildman–Crippen MR) is 351 cm³/mol. The summed E-state index contributed by atoms with van der Waals surface area (Å²) >= 11 is 0. The number of para-hydroxylation sites is 4. The SMILES string of the molecule is c1ccc(N(c2ccccc2)c2c3ccccc3c(-c3c4ccccc4c(-c4c5ccccc5c(N(c5ccccc5)c5ccccc5)c5ccccc45)c4cc5c(cc34)-c3cccc4c3c-5cc3ccccc34)c3ccccc23)cc1. The van der Waals surface area contributed by atoms with E-state index >= 15 is 0 Å². The lowest BCUT2D eigenvalue weighted by molar-refractivity contribution is 1.31. The lowest BCUT2D eigenvalue weighted by Gasteiger charge is -2.30. The molecule has 17 rings (SSSR count). The van der Waals surface area contributed by atoms with Gasteiger partial charge in [0.2, 0.25) is 0 Å². The quantitative estimate of drug-likeness (QED) is 0.111. The molecule has 2 nitrogen and oxygen atoms in total. The van der Waals surface area contributed by atoms with Gasteiger partial charge in [0.05, 0.1) is 11.4 Å². The topological polar surface area (TPSA) is 6.48 Å². The lowest BCUT2D eigenvalue weighted by Crippen LogP contribution is -2.11. The Balaban J connectivity index is 1.06. The van der Waals surface area contributed by atoms with Gasteiger partial charge in [-0.05, 0) is 176 Å². The van der Waals surface area contributed by atoms with Crippen LogP contribution < -0.4 is 9.80 Å². The summed E-state index contributed by atoms with van der Waals surface area (Å²) in [6.07, 6.45) is 0. The third kappa shape index (κ3) is 6.82. The molecule has 0 fully saturated rings. The summed E-state index contributed by atoms with van der Waals surface area (Å²) in [6, 6.07) is 113. The van der Waals surface area contributed by atoms with Gasteiger partial charge in [-0.1, -0.05) is 237 Å². The van der Waals surface area contributed by atoms with E-state index in [1.165, 1.54) is 131 Å². The Morgan fingerprint density at radius 2 is 0.451 bits per heavy atom. The van der Waals surface area contributed by atoms with Crippen LogP contribution in [0.3, 0.4) is 0 Å². The van der Waals surface area contributed by atoms with E-state index in [1.54, 1.807) is 0 Å². The molecule has 380 valence electrons. The summed E-state index contributed by atoms with van der Waals surface area (Å²) in [4.78, 5) is 4.92. The summed E-state index contributed by atoms with van der Waals surface area (Å²) in [7, 11) is 0. The van der Waals surface area contributed by atoms with Crippen LogP contribution in [0, 0.1) is 0 Å². The minimum atomic E-state index is 1.11. The van der Waals surface area contributed by atoms with Crippen molar-refractivity contribution in [1.82, 2.24) is 0 Å². The summed E-state index contributed by atoms with van der Waals surface area (Å²) in [6.45, 7) is 0. The highest BCUT2D eigenvalue weighted by Gasteiger charge is 2.31. The molecule has 0 radical (unpaired) electrons. The van der Waals surface area contributed by atoms with Crippen molar-refractivity contribution < 1.29 is 0 Å². The Morgan fingerprint density at radius 1 is 0.171 bits per heavy atom. The number of rotatable bonds is 8. The number of nitrogens with zero attached hydrogens (tertiary/aromatic N) is 2. The van der Waals surface area contributed by atoms with Crippen LogP contribution in [-0.4, -0.2) is 0 Å². The number of benzene rings is 16. The zero-order chi connectivity index (χ0) is 53.8. The van der Waals surface area contributed by atoms with Gasteiger partial charge in [-0.3, -0.25) is 0 Å². The van der Waals surface area contributed by atoms with E-state index in [0.29, 0.717) is 0 Å². The van der Waals surface area contributed by atoms with Crippen molar-refractivity contribution in [1.29, 1.82) is 0 Å². The molecule has 1 aliphatic carbocycles. The summed E-state index contributed by atoms with van der Waals surface area (Å²) in [5, 5.41) is 19.6. The highest BCUT2D eigenvalue weighted by atomic mass is 15.2. The van der Waals surface area contributed by atoms with Crippen LogP contribution >= 0.6 is 0 Å². The molecule has 0 aliphatic heterocycles. The molecule has 0 bridgehead atoms. The first-order valence-corrected chi connectivity index (χ1v) is 28.4. The van der Waals surface area contributed by atoms with Crippen molar-refractivity contribution in [2.45, 2.75) is 0 Å². The largest absolute Gasteiger partial charge is 0.309 e. The molecule has 0 saturated heterocycles. The third-order valence-corrected chi connectivity index (χ3v) is 17.4. The van der Waals surface area contributed by atoms with Crippen LogP contribution in [0.5, 0.6) is 0 Å². The van der Waals surface area contributed by atoms with Crippen molar-refractivity contribution in [2.75, 3.05) is 9.80 Å². The summed E-state index contributed by atoms with van der Waals surface area (Å²) in [5.74, 6) is 0. The van der Waals surface area contributed by atoms with Gasteiger partial charge in [0.15, 0.2) is 0 Å². The number of hydrogen-bond donors (Lipinski definition) is 0. The first-order chi connectivity index (χ1) is 40.8. The van der Waals surface area contributed by atoms with Gasteiger partial charge >= 0.3 is 0 Å². The van der Waals surface area contributed by atoms with E-state index in [0.717, 1.165) is 34.1 Å². The van der Waals surface area contributed by atoms with Gasteiger partial charge in [0.25, 0.3) is 0 Å². The standard InChI is InChI=1S/C80H50N2/c1-5-27-52(28-6-1)81(53-29-7-2-8-30-53)79-65-42-21-17-38-60(65)75(61-39-18-22-43-66(61)79)77-58-36-15-16-37-59(58)78(73-50-70-69(49-72(73)77)64-47-25-46-57-56-35-14-13-26-51(56)48-71(70)74(57)64)76-62-40-19-23-44-67(62)80(68-45-24-20-41-63(68)76)82(54-31-9-3-10-32-54)55-33-11-4-12-34-55/h1-50H. The second-order valence-electron chi connectivity index (χ2n) is 21.8. The van der Waals surface area contributed by atoms with E-state index in [1.807, 2.05) is 0 Å². The van der Waals surface area contributed by atoms with Crippen molar-refractivity contribution in [2.24, 2.45) is 0 Å². The molecular formula is C80H50N2. The molecule has 0 saturated carbocycles. The van der Waals surface area contributed by atoms with Crippen molar-refractivity contribution in [3.63, 3.8) is 0 Å². The Morgan fingerprint density at radius 3 is 0.829 bits per heavy atom. The molecule has 16 aromatic carbocycles. The Bertz CT molecular complexity index is 5070. The van der Waals surface area contributed by atoms with Crippen LogP contribution in [0.4, 0.5) is 34.1 Å². The number of anilines is 6. The first-order valence-electron chi connectivity index (χ1n) is 28.4. The van der Waals surface area contributed by atoms with Gasteiger partial charge < -0.3 is 9.80 Å². The smallest absolute Gasteiger partial charge is 0.0618 e. The Hall–Kier alpha value is -10.8. The number of hydrogen-bond acceptors (Lipinski definition) is 2. The van der Waals surface area contributed by atoms with Gasteiger partial charge in [-0.2, -0.15) is 0 Å². The van der Waals surface area contributed by atoms with Crippen LogP contribution in [0.1, 0.15) is 0 Å². The van der Waals surface area contributed by atoms with Crippen molar-refractivity contribution >= 4 is 120 Å². The molecule has 0 atom stereocenters. The van der Waals surface area contributed by atoms with E-state index in [2.05, 4.69) is 313 Å². The second-order valence-corrected chi connectivity index (χ2v) is 21.8. The van der Waals surface area contributed by atoms with E-state index in [9.17, 15) is 0 Å². The Labute approximate surface area is 475 Å². The molecular weight excluding hydrogens is 989 g/mol. The van der Waals surface area contributed by atoms with Crippen LogP contribution in [0.15, 0.2) is 303 Å². The van der Waals surface area contributed by atoms with E-state index in [-0.39, 0.29) is 0 Å². The molecule has 0 heterocycles. The normalized spacial score (nSPS) is 11.9. The van der Waals surface area contributed by atoms with Crippen molar-refractivity contribution in [3.05, 3.63) is 303 Å². The molecule has 16 aromatic rings. The minimum Gasteiger partial charge on any atom is -0.309 e. The second kappa shape index (κ2) is 18.4. The lowest BCUT2D eigenvalue weighted by atomic mass is 9.79. The maximum Gasteiger partial charge on any atom is 0.0618 e. The highest BCUT2D eigenvalue weighted by molar-refractivity contribution is 6.35. The molecule has 0 N–H and O–H groups in total. The molecule has 0 unspecified atom stereocenters. The molecule has 0 amide bonds.